The lowest BCUT2D eigenvalue weighted by atomic mass is 10.0. The first-order valence-electron chi connectivity index (χ1n) is 7.79. The zero-order valence-corrected chi connectivity index (χ0v) is 15.3. The van der Waals surface area contributed by atoms with E-state index in [9.17, 15) is 9.18 Å². The highest BCUT2D eigenvalue weighted by Crippen LogP contribution is 2.36. The fraction of sp³-hybridized carbons (Fsp3) is 0.333. The van der Waals surface area contributed by atoms with Gasteiger partial charge in [0.15, 0.2) is 0 Å². The van der Waals surface area contributed by atoms with Gasteiger partial charge in [-0.25, -0.2) is 9.37 Å². The van der Waals surface area contributed by atoms with Crippen molar-refractivity contribution < 1.29 is 4.39 Å². The minimum atomic E-state index is -0.591. The van der Waals surface area contributed by atoms with Crippen molar-refractivity contribution in [3.8, 4) is 11.1 Å². The average molecular weight is 365 g/mol. The highest BCUT2D eigenvalue weighted by Gasteiger charge is 2.20. The molecule has 1 aromatic carbocycles. The van der Waals surface area contributed by atoms with Crippen molar-refractivity contribution in [2.45, 2.75) is 33.2 Å². The molecule has 2 heterocycles. The van der Waals surface area contributed by atoms with E-state index in [1.54, 1.807) is 12.1 Å². The standard InChI is InChI=1S/C18H18ClFN2OS/c1-10(2)16-21-17-15(18(23)22(16)9-8-20)14(11(3)24-17)12-4-6-13(19)7-5-12/h4-7,10H,8-9H2,1-3H3. The van der Waals surface area contributed by atoms with E-state index in [1.165, 1.54) is 15.9 Å². The number of nitrogens with zero attached hydrogens (tertiary/aromatic N) is 2. The SMILES string of the molecule is Cc1sc2nc(C(C)C)n(CCF)c(=O)c2c1-c1ccc(Cl)cc1. The predicted octanol–water partition coefficient (Wildman–Crippen LogP) is 5.18. The molecule has 0 bridgehead atoms. The van der Waals surface area contributed by atoms with Gasteiger partial charge in [-0.3, -0.25) is 9.36 Å². The number of hydrogen-bond acceptors (Lipinski definition) is 3. The number of alkyl halides is 1. The summed E-state index contributed by atoms with van der Waals surface area (Å²) in [7, 11) is 0. The number of benzene rings is 1. The summed E-state index contributed by atoms with van der Waals surface area (Å²) in [5.74, 6) is 0.684. The molecule has 0 atom stereocenters. The summed E-state index contributed by atoms with van der Waals surface area (Å²) in [5.41, 5.74) is 1.62. The normalized spacial score (nSPS) is 11.6. The molecule has 0 aliphatic heterocycles. The Balaban J connectivity index is 2.36. The Bertz CT molecular complexity index is 944. The zero-order valence-electron chi connectivity index (χ0n) is 13.8. The highest BCUT2D eigenvalue weighted by molar-refractivity contribution is 7.19. The molecule has 6 heteroatoms. The summed E-state index contributed by atoms with van der Waals surface area (Å²) in [5, 5.41) is 1.21. The Kier molecular flexibility index (Phi) is 4.74. The first kappa shape index (κ1) is 17.1. The van der Waals surface area contributed by atoms with Gasteiger partial charge in [-0.2, -0.15) is 0 Å². The van der Waals surface area contributed by atoms with Gasteiger partial charge in [0, 0.05) is 21.4 Å². The van der Waals surface area contributed by atoms with E-state index < -0.39 is 6.67 Å². The molecule has 0 saturated carbocycles. The van der Waals surface area contributed by atoms with Crippen molar-refractivity contribution in [1.29, 1.82) is 0 Å². The number of fused-ring (bicyclic) bond motifs is 1. The Morgan fingerprint density at radius 1 is 1.29 bits per heavy atom. The lowest BCUT2D eigenvalue weighted by Gasteiger charge is -2.13. The molecule has 0 spiro atoms. The number of halogens is 2. The molecule has 0 unspecified atom stereocenters. The Labute approximate surface area is 148 Å². The van der Waals surface area contributed by atoms with Gasteiger partial charge in [0.05, 0.1) is 11.9 Å². The predicted molar refractivity (Wildman–Crippen MR) is 99.1 cm³/mol. The van der Waals surface area contributed by atoms with Crippen LogP contribution in [0.4, 0.5) is 4.39 Å². The van der Waals surface area contributed by atoms with Crippen LogP contribution in [0.15, 0.2) is 29.1 Å². The second-order valence-electron chi connectivity index (χ2n) is 5.99. The van der Waals surface area contributed by atoms with Gasteiger partial charge in [0.2, 0.25) is 0 Å². The smallest absolute Gasteiger partial charge is 0.263 e. The van der Waals surface area contributed by atoms with Crippen molar-refractivity contribution in [2.24, 2.45) is 0 Å². The summed E-state index contributed by atoms with van der Waals surface area (Å²) < 4.78 is 14.4. The third-order valence-corrected chi connectivity index (χ3v) is 5.23. The van der Waals surface area contributed by atoms with E-state index in [-0.39, 0.29) is 18.0 Å². The van der Waals surface area contributed by atoms with Gasteiger partial charge in [-0.15, -0.1) is 11.3 Å². The van der Waals surface area contributed by atoms with Crippen molar-refractivity contribution in [1.82, 2.24) is 9.55 Å². The maximum Gasteiger partial charge on any atom is 0.263 e. The molecular weight excluding hydrogens is 347 g/mol. The zero-order chi connectivity index (χ0) is 17.4. The molecule has 0 saturated heterocycles. The molecule has 3 aromatic rings. The van der Waals surface area contributed by atoms with E-state index in [1.807, 2.05) is 32.9 Å². The average Bonchev–Trinajstić information content (AvgIpc) is 2.87. The quantitative estimate of drug-likeness (QED) is 0.639. The summed E-state index contributed by atoms with van der Waals surface area (Å²) in [6.45, 7) is 5.34. The first-order valence-corrected chi connectivity index (χ1v) is 8.99. The van der Waals surface area contributed by atoms with Gasteiger partial charge in [0.25, 0.3) is 5.56 Å². The van der Waals surface area contributed by atoms with Crippen molar-refractivity contribution >= 4 is 33.2 Å². The molecule has 3 rings (SSSR count). The highest BCUT2D eigenvalue weighted by atomic mass is 35.5. The Hall–Kier alpha value is -1.72. The van der Waals surface area contributed by atoms with E-state index in [0.717, 1.165) is 16.0 Å². The van der Waals surface area contributed by atoms with Crippen molar-refractivity contribution in [3.63, 3.8) is 0 Å². The van der Waals surface area contributed by atoms with Crippen molar-refractivity contribution in [2.75, 3.05) is 6.67 Å². The topological polar surface area (TPSA) is 34.9 Å². The molecule has 0 fully saturated rings. The fourth-order valence-electron chi connectivity index (χ4n) is 2.92. The van der Waals surface area contributed by atoms with Gasteiger partial charge in [-0.1, -0.05) is 37.6 Å². The molecule has 126 valence electrons. The second kappa shape index (κ2) is 6.65. The second-order valence-corrected chi connectivity index (χ2v) is 7.63. The number of thiophene rings is 1. The minimum Gasteiger partial charge on any atom is -0.293 e. The number of aryl methyl sites for hydroxylation is 1. The molecule has 0 N–H and O–H groups in total. The molecule has 0 aliphatic carbocycles. The molecule has 2 aromatic heterocycles. The summed E-state index contributed by atoms with van der Waals surface area (Å²) in [6, 6.07) is 7.39. The van der Waals surface area contributed by atoms with E-state index in [4.69, 9.17) is 11.6 Å². The lowest BCUT2D eigenvalue weighted by Crippen LogP contribution is -2.26. The van der Waals surface area contributed by atoms with Crippen LogP contribution in [-0.2, 0) is 6.54 Å². The van der Waals surface area contributed by atoms with Crippen LogP contribution in [0.25, 0.3) is 21.3 Å². The van der Waals surface area contributed by atoms with Crippen LogP contribution in [0.3, 0.4) is 0 Å². The van der Waals surface area contributed by atoms with Gasteiger partial charge >= 0.3 is 0 Å². The van der Waals surface area contributed by atoms with Gasteiger partial charge in [0.1, 0.15) is 17.3 Å². The maximum atomic E-state index is 13.1. The summed E-state index contributed by atoms with van der Waals surface area (Å²) in [6.07, 6.45) is 0. The molecule has 3 nitrogen and oxygen atoms in total. The van der Waals surface area contributed by atoms with Crippen LogP contribution in [0.1, 0.15) is 30.5 Å². The molecule has 0 aliphatic rings. The number of aromatic nitrogens is 2. The van der Waals surface area contributed by atoms with Crippen LogP contribution in [0.5, 0.6) is 0 Å². The van der Waals surface area contributed by atoms with Crippen LogP contribution in [0, 0.1) is 6.92 Å². The molecular formula is C18H18ClFN2OS. The van der Waals surface area contributed by atoms with E-state index in [0.29, 0.717) is 21.1 Å². The Morgan fingerprint density at radius 3 is 2.54 bits per heavy atom. The molecule has 24 heavy (non-hydrogen) atoms. The van der Waals surface area contributed by atoms with Gasteiger partial charge < -0.3 is 0 Å². The lowest BCUT2D eigenvalue weighted by molar-refractivity contribution is 0.428. The van der Waals surface area contributed by atoms with Crippen LogP contribution < -0.4 is 5.56 Å². The fourth-order valence-corrected chi connectivity index (χ4v) is 4.08. The third kappa shape index (κ3) is 2.87. The summed E-state index contributed by atoms with van der Waals surface area (Å²) in [4.78, 5) is 19.5. The number of rotatable bonds is 4. The molecule has 0 amide bonds. The minimum absolute atomic E-state index is 0.0320. The molecule has 0 radical (unpaired) electrons. The monoisotopic (exact) mass is 364 g/mol. The largest absolute Gasteiger partial charge is 0.293 e. The van der Waals surface area contributed by atoms with Crippen LogP contribution in [-0.4, -0.2) is 16.2 Å². The number of hydrogen-bond donors (Lipinski definition) is 0. The van der Waals surface area contributed by atoms with Gasteiger partial charge in [-0.05, 0) is 24.6 Å². The maximum absolute atomic E-state index is 13.1. The van der Waals surface area contributed by atoms with E-state index in [2.05, 4.69) is 4.98 Å². The third-order valence-electron chi connectivity index (χ3n) is 3.97. The summed E-state index contributed by atoms with van der Waals surface area (Å²) >= 11 is 7.47. The van der Waals surface area contributed by atoms with Crippen LogP contribution >= 0.6 is 22.9 Å². The van der Waals surface area contributed by atoms with Crippen LogP contribution in [0.2, 0.25) is 5.02 Å². The van der Waals surface area contributed by atoms with Crippen molar-refractivity contribution in [3.05, 3.63) is 50.3 Å². The first-order chi connectivity index (χ1) is 11.4. The van der Waals surface area contributed by atoms with E-state index >= 15 is 0 Å². The Morgan fingerprint density at radius 2 is 1.96 bits per heavy atom.